The van der Waals surface area contributed by atoms with E-state index < -0.39 is 46.0 Å². The first kappa shape index (κ1) is 13.2. The molecule has 0 radical (unpaired) electrons. The Balaban J connectivity index is 3.71. The van der Waals surface area contributed by atoms with Crippen molar-refractivity contribution in [2.75, 3.05) is 0 Å². The third kappa shape index (κ3) is 2.26. The molecule has 1 rings (SSSR count). The molecule has 6 N–H and O–H groups in total. The Morgan fingerprint density at radius 3 is 1.17 bits per heavy atom. The molecule has 0 bridgehead atoms. The molecular weight excluding hydrogens is 244 g/mol. The maximum absolute atomic E-state index is 11.0. The van der Waals surface area contributed by atoms with Crippen LogP contribution in [0.25, 0.3) is 0 Å². The third-order valence-electron chi connectivity index (χ3n) is 2.15. The molecule has 0 aliphatic rings. The molecule has 2 amide bonds. The molecule has 0 aliphatic carbocycles. The predicted octanol–water partition coefficient (Wildman–Crippen LogP) is -0.719. The van der Waals surface area contributed by atoms with Gasteiger partial charge in [0.15, 0.2) is 0 Å². The number of carboxylic acids is 2. The van der Waals surface area contributed by atoms with Crippen LogP contribution in [0.4, 0.5) is 0 Å². The second kappa shape index (κ2) is 4.53. The van der Waals surface area contributed by atoms with E-state index in [0.29, 0.717) is 12.1 Å². The minimum atomic E-state index is -1.52. The molecule has 0 heterocycles. The first-order valence-corrected chi connectivity index (χ1v) is 4.50. The fourth-order valence-corrected chi connectivity index (χ4v) is 1.36. The Labute approximate surface area is 99.8 Å². The van der Waals surface area contributed by atoms with Crippen molar-refractivity contribution >= 4 is 23.8 Å². The van der Waals surface area contributed by atoms with Crippen LogP contribution >= 0.6 is 0 Å². The zero-order valence-electron chi connectivity index (χ0n) is 8.84. The van der Waals surface area contributed by atoms with Crippen LogP contribution in [0.15, 0.2) is 12.1 Å². The average Bonchev–Trinajstić information content (AvgIpc) is 2.26. The molecule has 18 heavy (non-hydrogen) atoms. The summed E-state index contributed by atoms with van der Waals surface area (Å²) in [7, 11) is 0. The van der Waals surface area contributed by atoms with Crippen LogP contribution < -0.4 is 11.5 Å². The maximum Gasteiger partial charge on any atom is 0.336 e. The van der Waals surface area contributed by atoms with E-state index in [1.54, 1.807) is 0 Å². The summed E-state index contributed by atoms with van der Waals surface area (Å²) in [6.45, 7) is 0. The summed E-state index contributed by atoms with van der Waals surface area (Å²) in [6.07, 6.45) is 0. The highest BCUT2D eigenvalue weighted by molar-refractivity contribution is 6.11. The van der Waals surface area contributed by atoms with Crippen molar-refractivity contribution in [2.45, 2.75) is 0 Å². The molecule has 8 nitrogen and oxygen atoms in total. The van der Waals surface area contributed by atoms with Crippen molar-refractivity contribution < 1.29 is 29.4 Å². The number of hydrogen-bond acceptors (Lipinski definition) is 4. The van der Waals surface area contributed by atoms with Crippen LogP contribution in [0.3, 0.4) is 0 Å². The molecule has 0 aromatic heterocycles. The lowest BCUT2D eigenvalue weighted by atomic mass is 9.97. The van der Waals surface area contributed by atoms with Gasteiger partial charge in [0.2, 0.25) is 11.8 Å². The maximum atomic E-state index is 11.0. The van der Waals surface area contributed by atoms with Crippen LogP contribution in [0, 0.1) is 0 Å². The predicted molar refractivity (Wildman–Crippen MR) is 57.4 cm³/mol. The normalized spacial score (nSPS) is 9.78. The smallest absolute Gasteiger partial charge is 0.336 e. The molecule has 1 aromatic rings. The quantitative estimate of drug-likeness (QED) is 0.552. The SMILES string of the molecule is NC(=O)c1cc(C(=O)O)c(C(N)=O)cc1C(=O)O. The average molecular weight is 252 g/mol. The van der Waals surface area contributed by atoms with Crippen molar-refractivity contribution in [1.82, 2.24) is 0 Å². The van der Waals surface area contributed by atoms with Gasteiger partial charge in [0.05, 0.1) is 22.3 Å². The van der Waals surface area contributed by atoms with E-state index >= 15 is 0 Å². The Bertz CT molecular complexity index is 480. The molecular formula is C10H8N2O6. The number of carboxylic acid groups (broad SMARTS) is 2. The van der Waals surface area contributed by atoms with Gasteiger partial charge >= 0.3 is 11.9 Å². The van der Waals surface area contributed by atoms with Crippen LogP contribution in [0.1, 0.15) is 41.4 Å². The van der Waals surface area contributed by atoms with Crippen molar-refractivity contribution in [2.24, 2.45) is 11.5 Å². The summed E-state index contributed by atoms with van der Waals surface area (Å²) in [5, 5.41) is 17.7. The zero-order valence-corrected chi connectivity index (χ0v) is 8.84. The molecule has 0 saturated carbocycles. The van der Waals surface area contributed by atoms with Gasteiger partial charge in [0.25, 0.3) is 0 Å². The fraction of sp³-hybridized carbons (Fsp3) is 0. The summed E-state index contributed by atoms with van der Waals surface area (Å²) >= 11 is 0. The molecule has 0 spiro atoms. The number of rotatable bonds is 4. The second-order valence-electron chi connectivity index (χ2n) is 3.28. The van der Waals surface area contributed by atoms with Crippen LogP contribution in [0.5, 0.6) is 0 Å². The van der Waals surface area contributed by atoms with E-state index in [2.05, 4.69) is 0 Å². The van der Waals surface area contributed by atoms with Gasteiger partial charge in [-0.05, 0) is 12.1 Å². The van der Waals surface area contributed by atoms with Crippen molar-refractivity contribution in [3.8, 4) is 0 Å². The number of benzene rings is 1. The number of primary amides is 2. The topological polar surface area (TPSA) is 161 Å². The van der Waals surface area contributed by atoms with Crippen LogP contribution in [0.2, 0.25) is 0 Å². The number of carbonyl (C=O) groups excluding carboxylic acids is 2. The molecule has 0 unspecified atom stereocenters. The molecule has 94 valence electrons. The van der Waals surface area contributed by atoms with Crippen molar-refractivity contribution in [1.29, 1.82) is 0 Å². The van der Waals surface area contributed by atoms with Gasteiger partial charge in [-0.3, -0.25) is 9.59 Å². The lowest BCUT2D eigenvalue weighted by molar-refractivity contribution is 0.0676. The summed E-state index contributed by atoms with van der Waals surface area (Å²) in [5.74, 6) is -5.29. The van der Waals surface area contributed by atoms with Crippen molar-refractivity contribution in [3.05, 3.63) is 34.4 Å². The molecule has 0 aliphatic heterocycles. The summed E-state index contributed by atoms with van der Waals surface area (Å²) in [5.41, 5.74) is 7.69. The van der Waals surface area contributed by atoms with Gasteiger partial charge in [0.1, 0.15) is 0 Å². The molecule has 0 saturated heterocycles. The van der Waals surface area contributed by atoms with E-state index in [0.717, 1.165) is 0 Å². The van der Waals surface area contributed by atoms with Gasteiger partial charge in [-0.2, -0.15) is 0 Å². The largest absolute Gasteiger partial charge is 0.478 e. The van der Waals surface area contributed by atoms with Gasteiger partial charge < -0.3 is 21.7 Å². The fourth-order valence-electron chi connectivity index (χ4n) is 1.36. The van der Waals surface area contributed by atoms with Crippen molar-refractivity contribution in [3.63, 3.8) is 0 Å². The Morgan fingerprint density at radius 1 is 0.722 bits per heavy atom. The van der Waals surface area contributed by atoms with Crippen LogP contribution in [-0.4, -0.2) is 34.0 Å². The lowest BCUT2D eigenvalue weighted by Gasteiger charge is -2.08. The first-order valence-electron chi connectivity index (χ1n) is 4.50. The second-order valence-corrected chi connectivity index (χ2v) is 3.28. The number of aromatic carboxylic acids is 2. The molecule has 0 atom stereocenters. The molecule has 1 aromatic carbocycles. The highest BCUT2D eigenvalue weighted by Gasteiger charge is 2.23. The third-order valence-corrected chi connectivity index (χ3v) is 2.15. The number of carbonyl (C=O) groups is 4. The minimum Gasteiger partial charge on any atom is -0.478 e. The Hall–Kier alpha value is -2.90. The summed E-state index contributed by atoms with van der Waals surface area (Å²) in [4.78, 5) is 43.8. The van der Waals surface area contributed by atoms with Gasteiger partial charge in [-0.1, -0.05) is 0 Å². The first-order chi connectivity index (χ1) is 8.25. The van der Waals surface area contributed by atoms with Crippen LogP contribution in [-0.2, 0) is 0 Å². The number of amides is 2. The number of hydrogen-bond donors (Lipinski definition) is 4. The Kier molecular flexibility index (Phi) is 3.32. The molecule has 0 fully saturated rings. The minimum absolute atomic E-state index is 0.509. The van der Waals surface area contributed by atoms with Gasteiger partial charge in [-0.25, -0.2) is 9.59 Å². The summed E-state index contributed by atoms with van der Waals surface area (Å²) in [6, 6.07) is 1.43. The van der Waals surface area contributed by atoms with E-state index in [-0.39, 0.29) is 0 Å². The van der Waals surface area contributed by atoms with E-state index in [1.807, 2.05) is 0 Å². The molecule has 8 heteroatoms. The highest BCUT2D eigenvalue weighted by Crippen LogP contribution is 2.17. The van der Waals surface area contributed by atoms with Gasteiger partial charge in [0, 0.05) is 0 Å². The lowest BCUT2D eigenvalue weighted by Crippen LogP contribution is -2.22. The zero-order chi connectivity index (χ0) is 14.0. The van der Waals surface area contributed by atoms with E-state index in [9.17, 15) is 19.2 Å². The number of nitrogens with two attached hydrogens (primary N) is 2. The Morgan fingerprint density at radius 2 is 1.00 bits per heavy atom. The van der Waals surface area contributed by atoms with E-state index in [1.165, 1.54) is 0 Å². The van der Waals surface area contributed by atoms with Gasteiger partial charge in [-0.15, -0.1) is 0 Å². The highest BCUT2D eigenvalue weighted by atomic mass is 16.4. The standard InChI is InChI=1S/C10H8N2O6/c11-7(13)3-1-5(9(15)16)4(8(12)14)2-6(3)10(17)18/h1-2H,(H2,11,13)(H2,12,14)(H,15,16)(H,17,18). The van der Waals surface area contributed by atoms with E-state index in [4.69, 9.17) is 21.7 Å². The monoisotopic (exact) mass is 252 g/mol. The summed E-state index contributed by atoms with van der Waals surface area (Å²) < 4.78 is 0.